The van der Waals surface area contributed by atoms with Crippen molar-refractivity contribution < 1.29 is 9.90 Å². The van der Waals surface area contributed by atoms with Crippen LogP contribution in [0.25, 0.3) is 0 Å². The summed E-state index contributed by atoms with van der Waals surface area (Å²) in [6.07, 6.45) is 31.6. The normalized spacial score (nSPS) is 12.7. The van der Waals surface area contributed by atoms with Gasteiger partial charge in [0, 0.05) is 6.08 Å². The van der Waals surface area contributed by atoms with Gasteiger partial charge in [-0.05, 0) is 51.4 Å². The van der Waals surface area contributed by atoms with Gasteiger partial charge in [0.25, 0.3) is 0 Å². The Morgan fingerprint density at radius 1 is 0.667 bits per heavy atom. The fourth-order valence-corrected chi connectivity index (χ4v) is 2.16. The second-order valence-electron chi connectivity index (χ2n) is 5.73. The van der Waals surface area contributed by atoms with E-state index in [0.717, 1.165) is 44.9 Å². The highest BCUT2D eigenvalue weighted by molar-refractivity contribution is 5.79. The van der Waals surface area contributed by atoms with E-state index in [2.05, 4.69) is 55.5 Å². The van der Waals surface area contributed by atoms with Crippen molar-refractivity contribution in [2.45, 2.75) is 71.1 Å². The molecule has 0 spiro atoms. The lowest BCUT2D eigenvalue weighted by molar-refractivity contribution is -0.131. The van der Waals surface area contributed by atoms with E-state index < -0.39 is 5.97 Å². The molecule has 0 rings (SSSR count). The molecule has 0 heterocycles. The Hall–Kier alpha value is -1.83. The number of hydrogen-bond donors (Lipinski definition) is 1. The van der Waals surface area contributed by atoms with Crippen molar-refractivity contribution in [2.24, 2.45) is 0 Å². The zero-order chi connectivity index (χ0) is 17.7. The van der Waals surface area contributed by atoms with Gasteiger partial charge in [0.2, 0.25) is 0 Å². The van der Waals surface area contributed by atoms with Gasteiger partial charge in [-0.25, -0.2) is 4.79 Å². The first-order valence-electron chi connectivity index (χ1n) is 9.26. The molecule has 0 aliphatic carbocycles. The molecular weight excluding hydrogens is 296 g/mol. The molecule has 0 radical (unpaired) electrons. The van der Waals surface area contributed by atoms with E-state index >= 15 is 0 Å². The Morgan fingerprint density at radius 2 is 1.12 bits per heavy atom. The highest BCUT2D eigenvalue weighted by Gasteiger charge is 1.89. The predicted octanol–water partition coefficient (Wildman–Crippen LogP) is 6.77. The molecule has 2 heteroatoms. The Bertz CT molecular complexity index is 425. The van der Waals surface area contributed by atoms with Gasteiger partial charge < -0.3 is 5.11 Å². The van der Waals surface area contributed by atoms with E-state index in [0.29, 0.717) is 0 Å². The molecule has 24 heavy (non-hydrogen) atoms. The molecule has 0 aliphatic heterocycles. The van der Waals surface area contributed by atoms with Gasteiger partial charge in [0.15, 0.2) is 0 Å². The van der Waals surface area contributed by atoms with Crippen molar-refractivity contribution in [2.75, 3.05) is 0 Å². The first-order valence-corrected chi connectivity index (χ1v) is 9.26. The molecule has 0 saturated carbocycles. The molecule has 0 saturated heterocycles. The fourth-order valence-electron chi connectivity index (χ4n) is 2.16. The van der Waals surface area contributed by atoms with Crippen LogP contribution in [0.15, 0.2) is 60.8 Å². The minimum absolute atomic E-state index is 0.852. The molecular formula is C22H34O2. The Labute approximate surface area is 148 Å². The van der Waals surface area contributed by atoms with Crippen LogP contribution in [-0.4, -0.2) is 11.1 Å². The summed E-state index contributed by atoms with van der Waals surface area (Å²) in [5.74, 6) is -0.852. The number of hydrogen-bond acceptors (Lipinski definition) is 1. The van der Waals surface area contributed by atoms with Crippen molar-refractivity contribution in [3.8, 4) is 0 Å². The summed E-state index contributed by atoms with van der Waals surface area (Å²) in [6, 6.07) is 0. The Kier molecular flexibility index (Phi) is 17.8. The maximum absolute atomic E-state index is 10.3. The molecule has 0 atom stereocenters. The molecule has 0 aliphatic rings. The highest BCUT2D eigenvalue weighted by atomic mass is 16.4. The van der Waals surface area contributed by atoms with Crippen molar-refractivity contribution in [3.63, 3.8) is 0 Å². The lowest BCUT2D eigenvalue weighted by Crippen LogP contribution is -1.85. The number of aliphatic carboxylic acids is 1. The summed E-state index contributed by atoms with van der Waals surface area (Å²) in [4.78, 5) is 10.3. The molecule has 0 fully saturated rings. The monoisotopic (exact) mass is 330 g/mol. The van der Waals surface area contributed by atoms with Gasteiger partial charge in [-0.2, -0.15) is 0 Å². The van der Waals surface area contributed by atoms with Crippen molar-refractivity contribution in [1.29, 1.82) is 0 Å². The summed E-state index contributed by atoms with van der Waals surface area (Å²) in [5, 5.41) is 8.45. The van der Waals surface area contributed by atoms with E-state index in [1.807, 2.05) is 0 Å². The van der Waals surface area contributed by atoms with Gasteiger partial charge in [-0.1, -0.05) is 74.4 Å². The molecule has 0 bridgehead atoms. The number of rotatable bonds is 15. The van der Waals surface area contributed by atoms with Gasteiger partial charge >= 0.3 is 5.97 Å². The highest BCUT2D eigenvalue weighted by Crippen LogP contribution is 2.06. The van der Waals surface area contributed by atoms with E-state index in [4.69, 9.17) is 5.11 Å². The number of unbranched alkanes of at least 4 members (excludes halogenated alkanes) is 5. The van der Waals surface area contributed by atoms with Crippen molar-refractivity contribution in [1.82, 2.24) is 0 Å². The molecule has 0 unspecified atom stereocenters. The molecule has 2 nitrogen and oxygen atoms in total. The molecule has 0 aromatic heterocycles. The SMILES string of the molecule is CC/C=C\C/C=C\C/C=C/C/C=C\CCCCCCC=CC(=O)O. The van der Waals surface area contributed by atoms with E-state index in [1.165, 1.54) is 25.3 Å². The summed E-state index contributed by atoms with van der Waals surface area (Å²) in [7, 11) is 0. The second kappa shape index (κ2) is 19.2. The minimum atomic E-state index is -0.852. The van der Waals surface area contributed by atoms with Gasteiger partial charge in [-0.15, -0.1) is 0 Å². The molecule has 0 aromatic carbocycles. The van der Waals surface area contributed by atoms with Gasteiger partial charge in [0.1, 0.15) is 0 Å². The number of carboxylic acid groups (broad SMARTS) is 1. The van der Waals surface area contributed by atoms with Crippen LogP contribution < -0.4 is 0 Å². The molecule has 0 aromatic rings. The minimum Gasteiger partial charge on any atom is -0.478 e. The van der Waals surface area contributed by atoms with E-state index in [1.54, 1.807) is 6.08 Å². The van der Waals surface area contributed by atoms with Crippen LogP contribution in [0.3, 0.4) is 0 Å². The Morgan fingerprint density at radius 3 is 1.62 bits per heavy atom. The summed E-state index contributed by atoms with van der Waals surface area (Å²) < 4.78 is 0. The smallest absolute Gasteiger partial charge is 0.327 e. The third kappa shape index (κ3) is 20.2. The second-order valence-corrected chi connectivity index (χ2v) is 5.73. The van der Waals surface area contributed by atoms with Crippen molar-refractivity contribution in [3.05, 3.63) is 60.8 Å². The number of carbonyl (C=O) groups is 1. The average Bonchev–Trinajstić information content (AvgIpc) is 2.56. The van der Waals surface area contributed by atoms with Crippen LogP contribution in [0.1, 0.15) is 71.1 Å². The summed E-state index contributed by atoms with van der Waals surface area (Å²) >= 11 is 0. The predicted molar refractivity (Wildman–Crippen MR) is 105 cm³/mol. The fraction of sp³-hybridized carbons (Fsp3) is 0.500. The standard InChI is InChI=1S/C22H34O2/c1-2-3-4-5-6-7-8-9-10-11-12-13-14-15-16-17-18-19-20-21-22(23)24/h3-4,6-7,9-10,12-13,20-21H,2,5,8,11,14-19H2,1H3,(H,23,24)/b4-3-,7-6-,10-9+,13-12-,21-20?. The van der Waals surface area contributed by atoms with Crippen LogP contribution in [0.5, 0.6) is 0 Å². The first-order chi connectivity index (χ1) is 11.8. The van der Waals surface area contributed by atoms with Crippen LogP contribution in [0.4, 0.5) is 0 Å². The summed E-state index contributed by atoms with van der Waals surface area (Å²) in [6.45, 7) is 2.15. The van der Waals surface area contributed by atoms with Crippen LogP contribution >= 0.6 is 0 Å². The van der Waals surface area contributed by atoms with E-state index in [9.17, 15) is 4.79 Å². The lowest BCUT2D eigenvalue weighted by Gasteiger charge is -1.96. The molecule has 0 amide bonds. The zero-order valence-corrected chi connectivity index (χ0v) is 15.2. The molecule has 1 N–H and O–H groups in total. The zero-order valence-electron chi connectivity index (χ0n) is 15.2. The van der Waals surface area contributed by atoms with Crippen molar-refractivity contribution >= 4 is 5.97 Å². The van der Waals surface area contributed by atoms with Gasteiger partial charge in [-0.3, -0.25) is 0 Å². The maximum Gasteiger partial charge on any atom is 0.327 e. The lowest BCUT2D eigenvalue weighted by atomic mass is 10.1. The quantitative estimate of drug-likeness (QED) is 0.204. The average molecular weight is 331 g/mol. The first kappa shape index (κ1) is 22.2. The van der Waals surface area contributed by atoms with E-state index in [-0.39, 0.29) is 0 Å². The Balaban J connectivity index is 3.36. The number of carboxylic acids is 1. The van der Waals surface area contributed by atoms with Crippen LogP contribution in [-0.2, 0) is 4.79 Å². The summed E-state index contributed by atoms with van der Waals surface area (Å²) in [5.41, 5.74) is 0. The van der Waals surface area contributed by atoms with Crippen LogP contribution in [0, 0.1) is 0 Å². The largest absolute Gasteiger partial charge is 0.478 e. The molecule has 134 valence electrons. The van der Waals surface area contributed by atoms with Crippen LogP contribution in [0.2, 0.25) is 0 Å². The third-order valence-corrected chi connectivity index (χ3v) is 3.47. The maximum atomic E-state index is 10.3. The number of allylic oxidation sites excluding steroid dienone is 9. The topological polar surface area (TPSA) is 37.3 Å². The third-order valence-electron chi connectivity index (χ3n) is 3.47. The van der Waals surface area contributed by atoms with Gasteiger partial charge in [0.05, 0.1) is 0 Å².